The molecule has 0 bridgehead atoms. The van der Waals surface area contributed by atoms with Crippen LogP contribution in [-0.2, 0) is 6.42 Å². The standard InChI is InChI=1S/C21H27N3/c1-16-15-22-17(2)24-20-10-6-5-9-18(20)19(21(16)24)11-14-23-12-7-3-4-8-13-23/h5-6,9-10,15H,3-4,7-8,11-14H2,1-2H3. The number of aryl methyl sites for hydroxylation is 2. The van der Waals surface area contributed by atoms with Gasteiger partial charge in [-0.05, 0) is 63.4 Å². The van der Waals surface area contributed by atoms with Crippen molar-refractivity contribution in [2.75, 3.05) is 19.6 Å². The fourth-order valence-corrected chi connectivity index (χ4v) is 4.25. The number of rotatable bonds is 3. The van der Waals surface area contributed by atoms with Crippen molar-refractivity contribution in [3.05, 3.63) is 47.4 Å². The molecule has 24 heavy (non-hydrogen) atoms. The van der Waals surface area contributed by atoms with Gasteiger partial charge in [-0.25, -0.2) is 4.98 Å². The van der Waals surface area contributed by atoms with Gasteiger partial charge >= 0.3 is 0 Å². The summed E-state index contributed by atoms with van der Waals surface area (Å²) in [6.45, 7) is 8.00. The van der Waals surface area contributed by atoms with Crippen LogP contribution in [0.15, 0.2) is 30.5 Å². The first-order valence-electron chi connectivity index (χ1n) is 9.32. The predicted molar refractivity (Wildman–Crippen MR) is 101 cm³/mol. The number of hydrogen-bond acceptors (Lipinski definition) is 2. The Labute approximate surface area is 144 Å². The molecular formula is C21H27N3. The van der Waals surface area contributed by atoms with Crippen LogP contribution in [0, 0.1) is 13.8 Å². The van der Waals surface area contributed by atoms with E-state index in [1.54, 1.807) is 0 Å². The molecule has 1 saturated heterocycles. The van der Waals surface area contributed by atoms with Crippen molar-refractivity contribution in [1.82, 2.24) is 14.3 Å². The molecule has 126 valence electrons. The molecule has 3 heterocycles. The van der Waals surface area contributed by atoms with Gasteiger partial charge in [0.1, 0.15) is 5.82 Å². The Balaban J connectivity index is 1.76. The van der Waals surface area contributed by atoms with Crippen LogP contribution in [0.25, 0.3) is 16.4 Å². The van der Waals surface area contributed by atoms with E-state index >= 15 is 0 Å². The van der Waals surface area contributed by atoms with E-state index in [9.17, 15) is 0 Å². The summed E-state index contributed by atoms with van der Waals surface area (Å²) in [5.41, 5.74) is 5.45. The van der Waals surface area contributed by atoms with E-state index in [4.69, 9.17) is 0 Å². The Kier molecular flexibility index (Phi) is 4.28. The number of nitrogens with zero attached hydrogens (tertiary/aromatic N) is 3. The Morgan fingerprint density at radius 1 is 1.00 bits per heavy atom. The molecule has 1 aromatic carbocycles. The molecule has 3 nitrogen and oxygen atoms in total. The molecule has 3 heteroatoms. The Hall–Kier alpha value is -1.87. The van der Waals surface area contributed by atoms with Gasteiger partial charge in [-0.15, -0.1) is 0 Å². The Morgan fingerprint density at radius 2 is 1.75 bits per heavy atom. The summed E-state index contributed by atoms with van der Waals surface area (Å²) in [6.07, 6.45) is 8.68. The van der Waals surface area contributed by atoms with Gasteiger partial charge in [0.15, 0.2) is 0 Å². The summed E-state index contributed by atoms with van der Waals surface area (Å²) in [5, 5.41) is 1.39. The molecule has 0 spiro atoms. The van der Waals surface area contributed by atoms with Crippen molar-refractivity contribution in [2.24, 2.45) is 0 Å². The zero-order valence-corrected chi connectivity index (χ0v) is 14.9. The maximum atomic E-state index is 4.59. The molecule has 0 N–H and O–H groups in total. The molecule has 0 amide bonds. The quantitative estimate of drug-likeness (QED) is 0.707. The largest absolute Gasteiger partial charge is 0.303 e. The van der Waals surface area contributed by atoms with Crippen LogP contribution in [0.5, 0.6) is 0 Å². The van der Waals surface area contributed by atoms with Crippen LogP contribution >= 0.6 is 0 Å². The average molecular weight is 321 g/mol. The maximum Gasteiger partial charge on any atom is 0.110 e. The van der Waals surface area contributed by atoms with E-state index in [1.807, 2.05) is 6.20 Å². The summed E-state index contributed by atoms with van der Waals surface area (Å²) in [6, 6.07) is 8.80. The van der Waals surface area contributed by atoms with Crippen molar-refractivity contribution in [3.63, 3.8) is 0 Å². The smallest absolute Gasteiger partial charge is 0.110 e. The van der Waals surface area contributed by atoms with E-state index in [0.717, 1.165) is 12.2 Å². The third kappa shape index (κ3) is 2.71. The van der Waals surface area contributed by atoms with Gasteiger partial charge in [-0.2, -0.15) is 0 Å². The molecule has 0 aliphatic carbocycles. The minimum absolute atomic E-state index is 1.08. The minimum Gasteiger partial charge on any atom is -0.303 e. The highest BCUT2D eigenvalue weighted by atomic mass is 15.1. The van der Waals surface area contributed by atoms with Gasteiger partial charge in [0.05, 0.1) is 11.0 Å². The zero-order valence-electron chi connectivity index (χ0n) is 14.9. The molecule has 3 aromatic rings. The first kappa shape index (κ1) is 15.6. The molecule has 2 aromatic heterocycles. The third-order valence-electron chi connectivity index (χ3n) is 5.50. The molecule has 4 rings (SSSR count). The zero-order chi connectivity index (χ0) is 16.5. The van der Waals surface area contributed by atoms with Crippen molar-refractivity contribution in [3.8, 4) is 0 Å². The molecule has 0 saturated carbocycles. The number of aromatic nitrogens is 2. The number of likely N-dealkylation sites (tertiary alicyclic amines) is 1. The monoisotopic (exact) mass is 321 g/mol. The van der Waals surface area contributed by atoms with Crippen molar-refractivity contribution >= 4 is 16.4 Å². The number of para-hydroxylation sites is 1. The molecule has 1 aliphatic rings. The fraction of sp³-hybridized carbons (Fsp3) is 0.476. The summed E-state index contributed by atoms with van der Waals surface area (Å²) >= 11 is 0. The molecule has 1 aliphatic heterocycles. The fourth-order valence-electron chi connectivity index (χ4n) is 4.25. The van der Waals surface area contributed by atoms with E-state index in [-0.39, 0.29) is 0 Å². The maximum absolute atomic E-state index is 4.59. The Morgan fingerprint density at radius 3 is 2.54 bits per heavy atom. The van der Waals surface area contributed by atoms with E-state index in [1.165, 1.54) is 72.9 Å². The van der Waals surface area contributed by atoms with Gasteiger partial charge in [0, 0.05) is 18.1 Å². The van der Waals surface area contributed by atoms with Gasteiger partial charge < -0.3 is 4.90 Å². The first-order chi connectivity index (χ1) is 11.8. The van der Waals surface area contributed by atoms with Crippen LogP contribution in [0.1, 0.15) is 42.6 Å². The lowest BCUT2D eigenvalue weighted by Gasteiger charge is -2.19. The Bertz CT molecular complexity index is 854. The lowest BCUT2D eigenvalue weighted by Crippen LogP contribution is -2.27. The van der Waals surface area contributed by atoms with E-state index < -0.39 is 0 Å². The predicted octanol–water partition coefficient (Wildman–Crippen LogP) is 4.52. The molecule has 0 radical (unpaired) electrons. The van der Waals surface area contributed by atoms with Gasteiger partial charge in [0.2, 0.25) is 0 Å². The number of hydrogen-bond donors (Lipinski definition) is 0. The SMILES string of the molecule is Cc1cnc(C)n2c1c(CCN1CCCCCC1)c1ccccc12. The second-order valence-electron chi connectivity index (χ2n) is 7.17. The van der Waals surface area contributed by atoms with Crippen LogP contribution in [0.3, 0.4) is 0 Å². The summed E-state index contributed by atoms with van der Waals surface area (Å²) < 4.78 is 2.35. The molecule has 0 atom stereocenters. The second kappa shape index (κ2) is 6.56. The second-order valence-corrected chi connectivity index (χ2v) is 7.17. The highest BCUT2D eigenvalue weighted by Crippen LogP contribution is 2.30. The van der Waals surface area contributed by atoms with Gasteiger partial charge in [-0.3, -0.25) is 4.40 Å². The number of fused-ring (bicyclic) bond motifs is 3. The van der Waals surface area contributed by atoms with Crippen LogP contribution in [-0.4, -0.2) is 33.9 Å². The van der Waals surface area contributed by atoms with E-state index in [0.29, 0.717) is 0 Å². The highest BCUT2D eigenvalue weighted by molar-refractivity contribution is 5.93. The molecule has 1 fully saturated rings. The normalized spacial score (nSPS) is 16.8. The van der Waals surface area contributed by atoms with E-state index in [2.05, 4.69) is 52.4 Å². The van der Waals surface area contributed by atoms with Crippen LogP contribution < -0.4 is 0 Å². The minimum atomic E-state index is 1.08. The summed E-state index contributed by atoms with van der Waals surface area (Å²) in [7, 11) is 0. The van der Waals surface area contributed by atoms with Crippen molar-refractivity contribution in [2.45, 2.75) is 46.0 Å². The number of benzene rings is 1. The summed E-state index contributed by atoms with van der Waals surface area (Å²) in [4.78, 5) is 7.25. The van der Waals surface area contributed by atoms with Gasteiger partial charge in [0.25, 0.3) is 0 Å². The lowest BCUT2D eigenvalue weighted by molar-refractivity contribution is 0.289. The third-order valence-corrected chi connectivity index (χ3v) is 5.50. The van der Waals surface area contributed by atoms with Crippen LogP contribution in [0.2, 0.25) is 0 Å². The average Bonchev–Trinajstić information content (AvgIpc) is 2.74. The molecular weight excluding hydrogens is 294 g/mol. The topological polar surface area (TPSA) is 20.5 Å². The van der Waals surface area contributed by atoms with Crippen LogP contribution in [0.4, 0.5) is 0 Å². The van der Waals surface area contributed by atoms with Crippen molar-refractivity contribution < 1.29 is 0 Å². The first-order valence-corrected chi connectivity index (χ1v) is 9.32. The highest BCUT2D eigenvalue weighted by Gasteiger charge is 2.16. The van der Waals surface area contributed by atoms with Crippen molar-refractivity contribution in [1.29, 1.82) is 0 Å². The molecule has 0 unspecified atom stereocenters. The lowest BCUT2D eigenvalue weighted by atomic mass is 10.1. The summed E-state index contributed by atoms with van der Waals surface area (Å²) in [5.74, 6) is 1.08. The van der Waals surface area contributed by atoms with Gasteiger partial charge in [-0.1, -0.05) is 31.0 Å².